The Labute approximate surface area is 65.1 Å². The molecule has 1 aliphatic carbocycles. The van der Waals surface area contributed by atoms with E-state index in [1.807, 2.05) is 0 Å². The van der Waals surface area contributed by atoms with Gasteiger partial charge in [0.15, 0.2) is 6.17 Å². The Kier molecular flexibility index (Phi) is 1.96. The summed E-state index contributed by atoms with van der Waals surface area (Å²) in [4.78, 5) is 0. The summed E-state index contributed by atoms with van der Waals surface area (Å²) in [6.45, 7) is 0. The van der Waals surface area contributed by atoms with Crippen LogP contribution >= 0.6 is 11.6 Å². The molecule has 1 rings (SSSR count). The topological polar surface area (TPSA) is 0 Å². The van der Waals surface area contributed by atoms with Gasteiger partial charge in [0.05, 0.1) is 5.03 Å². The molecule has 1 atom stereocenters. The third-order valence-corrected chi connectivity index (χ3v) is 1.60. The monoisotopic (exact) mass is 186 g/mol. The Morgan fingerprint density at radius 3 is 2.45 bits per heavy atom. The summed E-state index contributed by atoms with van der Waals surface area (Å²) in [5.41, 5.74) is 0. The zero-order valence-corrected chi connectivity index (χ0v) is 5.88. The summed E-state index contributed by atoms with van der Waals surface area (Å²) in [5, 5.41) is -1.11. The van der Waals surface area contributed by atoms with E-state index in [-0.39, 0.29) is 6.08 Å². The molecule has 0 heterocycles. The molecule has 1 aliphatic rings. The average Bonchev–Trinajstić information content (AvgIpc) is 1.84. The molecule has 0 spiro atoms. The summed E-state index contributed by atoms with van der Waals surface area (Å²) in [7, 11) is 0. The van der Waals surface area contributed by atoms with Crippen molar-refractivity contribution in [1.82, 2.24) is 0 Å². The molecule has 1 unspecified atom stereocenters. The van der Waals surface area contributed by atoms with Gasteiger partial charge in [-0.05, 0) is 12.2 Å². The molecule has 0 bridgehead atoms. The van der Waals surface area contributed by atoms with Gasteiger partial charge in [0.1, 0.15) is 5.83 Å². The maximum Gasteiger partial charge on any atom is 0.317 e. The highest BCUT2D eigenvalue weighted by Gasteiger charge is 2.44. The molecule has 0 aromatic carbocycles. The molecule has 0 saturated carbocycles. The Hall–Kier alpha value is -0.510. The van der Waals surface area contributed by atoms with E-state index in [0.717, 1.165) is 0 Å². The first-order valence-corrected chi connectivity index (χ1v) is 3.09. The molecule has 62 valence electrons. The lowest BCUT2D eigenvalue weighted by molar-refractivity contribution is -0.0135. The molecule has 0 aliphatic heterocycles. The van der Waals surface area contributed by atoms with Gasteiger partial charge in [-0.2, -0.15) is 8.78 Å². The van der Waals surface area contributed by atoms with Crippen LogP contribution in [0, 0.1) is 0 Å². The van der Waals surface area contributed by atoms with Crippen LogP contribution in [0.4, 0.5) is 17.6 Å². The quantitative estimate of drug-likeness (QED) is 0.510. The van der Waals surface area contributed by atoms with E-state index in [4.69, 9.17) is 11.6 Å². The Bertz CT molecular complexity index is 231. The van der Waals surface area contributed by atoms with E-state index in [0.29, 0.717) is 6.08 Å². The van der Waals surface area contributed by atoms with Crippen LogP contribution in [0.5, 0.6) is 0 Å². The van der Waals surface area contributed by atoms with Gasteiger partial charge in [-0.3, -0.25) is 0 Å². The van der Waals surface area contributed by atoms with Crippen molar-refractivity contribution in [3.8, 4) is 0 Å². The predicted octanol–water partition coefficient (Wildman–Crippen LogP) is 2.95. The van der Waals surface area contributed by atoms with E-state index in [1.54, 1.807) is 0 Å². The van der Waals surface area contributed by atoms with E-state index >= 15 is 0 Å². The first-order valence-electron chi connectivity index (χ1n) is 2.71. The third kappa shape index (κ3) is 1.40. The summed E-state index contributed by atoms with van der Waals surface area (Å²) in [6, 6.07) is 0. The first kappa shape index (κ1) is 8.59. The molecule has 0 saturated heterocycles. The van der Waals surface area contributed by atoms with Crippen LogP contribution in [-0.2, 0) is 0 Å². The van der Waals surface area contributed by atoms with Crippen molar-refractivity contribution in [3.05, 3.63) is 23.0 Å². The summed E-state index contributed by atoms with van der Waals surface area (Å²) < 4.78 is 49.2. The van der Waals surface area contributed by atoms with Gasteiger partial charge in [-0.25, -0.2) is 8.78 Å². The van der Waals surface area contributed by atoms with Crippen LogP contribution in [0.25, 0.3) is 0 Å². The van der Waals surface area contributed by atoms with Crippen LogP contribution in [-0.4, -0.2) is 12.1 Å². The van der Waals surface area contributed by atoms with E-state index in [2.05, 4.69) is 0 Å². The SMILES string of the molecule is FC1=CC(F)C(F)(F)C(Cl)=C1. The van der Waals surface area contributed by atoms with Crippen LogP contribution in [0.2, 0.25) is 0 Å². The number of allylic oxidation sites excluding steroid dienone is 4. The largest absolute Gasteiger partial charge is 0.317 e. The van der Waals surface area contributed by atoms with E-state index < -0.39 is 23.0 Å². The van der Waals surface area contributed by atoms with Crippen LogP contribution in [0.15, 0.2) is 23.0 Å². The zero-order valence-electron chi connectivity index (χ0n) is 5.12. The summed E-state index contributed by atoms with van der Waals surface area (Å²) in [6.07, 6.45) is -2.08. The molecule has 5 heteroatoms. The maximum absolute atomic E-state index is 12.4. The van der Waals surface area contributed by atoms with E-state index in [1.165, 1.54) is 0 Å². The van der Waals surface area contributed by atoms with Crippen LogP contribution in [0.1, 0.15) is 0 Å². The van der Waals surface area contributed by atoms with Crippen molar-refractivity contribution in [2.24, 2.45) is 0 Å². The van der Waals surface area contributed by atoms with E-state index in [9.17, 15) is 17.6 Å². The minimum Gasteiger partial charge on any atom is -0.236 e. The normalized spacial score (nSPS) is 29.4. The third-order valence-electron chi connectivity index (χ3n) is 1.23. The fraction of sp³-hybridized carbons (Fsp3) is 0.333. The Morgan fingerprint density at radius 2 is 2.00 bits per heavy atom. The number of rotatable bonds is 0. The second-order valence-electron chi connectivity index (χ2n) is 2.07. The van der Waals surface area contributed by atoms with Crippen molar-refractivity contribution < 1.29 is 17.6 Å². The molecular weight excluding hydrogens is 184 g/mol. The van der Waals surface area contributed by atoms with Crippen molar-refractivity contribution in [2.45, 2.75) is 12.1 Å². The van der Waals surface area contributed by atoms with Crippen molar-refractivity contribution in [3.63, 3.8) is 0 Å². The number of halogens is 5. The van der Waals surface area contributed by atoms with Crippen molar-refractivity contribution in [2.75, 3.05) is 0 Å². The van der Waals surface area contributed by atoms with Gasteiger partial charge >= 0.3 is 5.92 Å². The molecule has 0 aromatic heterocycles. The molecule has 0 amide bonds. The van der Waals surface area contributed by atoms with Crippen LogP contribution < -0.4 is 0 Å². The molecule has 0 N–H and O–H groups in total. The lowest BCUT2D eigenvalue weighted by atomic mass is 10.1. The predicted molar refractivity (Wildman–Crippen MR) is 33.0 cm³/mol. The van der Waals surface area contributed by atoms with Crippen molar-refractivity contribution >= 4 is 11.6 Å². The van der Waals surface area contributed by atoms with Gasteiger partial charge in [0.2, 0.25) is 0 Å². The molecule has 0 aromatic rings. The molecule has 0 nitrogen and oxygen atoms in total. The van der Waals surface area contributed by atoms with Crippen molar-refractivity contribution in [1.29, 1.82) is 0 Å². The summed E-state index contributed by atoms with van der Waals surface area (Å²) >= 11 is 4.89. The highest BCUT2D eigenvalue weighted by molar-refractivity contribution is 6.30. The van der Waals surface area contributed by atoms with Gasteiger partial charge < -0.3 is 0 Å². The van der Waals surface area contributed by atoms with Gasteiger partial charge in [0.25, 0.3) is 0 Å². The lowest BCUT2D eigenvalue weighted by Gasteiger charge is -2.20. The summed E-state index contributed by atoms with van der Waals surface area (Å²) in [5.74, 6) is -4.86. The Balaban J connectivity index is 3.01. The molecule has 11 heavy (non-hydrogen) atoms. The second kappa shape index (κ2) is 2.52. The first-order chi connectivity index (χ1) is 4.94. The minimum atomic E-state index is -3.78. The standard InChI is InChI=1S/C6H3ClF4/c7-4-1-3(8)2-5(9)6(4,10)11/h1-2,5H. The molecular formula is C6H3ClF4. The number of hydrogen-bond donors (Lipinski definition) is 0. The second-order valence-corrected chi connectivity index (χ2v) is 2.48. The maximum atomic E-state index is 12.4. The zero-order chi connectivity index (χ0) is 8.65. The molecule has 0 radical (unpaired) electrons. The fourth-order valence-corrected chi connectivity index (χ4v) is 0.850. The van der Waals surface area contributed by atoms with Gasteiger partial charge in [-0.1, -0.05) is 11.6 Å². The smallest absolute Gasteiger partial charge is 0.236 e. The number of hydrogen-bond acceptors (Lipinski definition) is 0. The highest BCUT2D eigenvalue weighted by Crippen LogP contribution is 2.37. The fourth-order valence-electron chi connectivity index (χ4n) is 0.642. The Morgan fingerprint density at radius 1 is 1.45 bits per heavy atom. The highest BCUT2D eigenvalue weighted by atomic mass is 35.5. The number of alkyl halides is 3. The minimum absolute atomic E-state index is 0.186. The molecule has 0 fully saturated rings. The van der Waals surface area contributed by atoms with Gasteiger partial charge in [0, 0.05) is 0 Å². The average molecular weight is 187 g/mol. The van der Waals surface area contributed by atoms with Crippen LogP contribution in [0.3, 0.4) is 0 Å². The lowest BCUT2D eigenvalue weighted by Crippen LogP contribution is -2.31. The van der Waals surface area contributed by atoms with Gasteiger partial charge in [-0.15, -0.1) is 0 Å².